The average Bonchev–Trinajstić information content (AvgIpc) is 2.53. The Bertz CT molecular complexity index is 417. The number of piperidine rings is 1. The molecule has 4 heteroatoms. The van der Waals surface area contributed by atoms with Gasteiger partial charge in [-0.05, 0) is 57.1 Å². The molecule has 0 saturated carbocycles. The Hall–Kier alpha value is -1.26. The molecular formula is C16H26N2O2. The summed E-state index contributed by atoms with van der Waals surface area (Å²) in [7, 11) is 5.59. The summed E-state index contributed by atoms with van der Waals surface area (Å²) in [6.07, 6.45) is 3.55. The fourth-order valence-electron chi connectivity index (χ4n) is 2.77. The van der Waals surface area contributed by atoms with Crippen molar-refractivity contribution in [3.8, 4) is 11.5 Å². The molecule has 4 nitrogen and oxygen atoms in total. The summed E-state index contributed by atoms with van der Waals surface area (Å²) < 4.78 is 10.6. The first-order valence-electron chi connectivity index (χ1n) is 7.36. The number of nitrogens with zero attached hydrogens (tertiary/aromatic N) is 1. The number of ether oxygens (including phenoxy) is 2. The normalized spacial score (nSPS) is 16.4. The summed E-state index contributed by atoms with van der Waals surface area (Å²) in [6.45, 7) is 3.37. The number of rotatable bonds is 6. The molecule has 1 fully saturated rings. The highest BCUT2D eigenvalue weighted by molar-refractivity contribution is 5.42. The summed E-state index contributed by atoms with van der Waals surface area (Å²) in [4.78, 5) is 2.48. The van der Waals surface area contributed by atoms with Crippen molar-refractivity contribution >= 4 is 0 Å². The Morgan fingerprint density at radius 1 is 1.15 bits per heavy atom. The van der Waals surface area contributed by atoms with E-state index < -0.39 is 0 Å². The number of likely N-dealkylation sites (N-methyl/N-ethyl adjacent to an activating group) is 1. The van der Waals surface area contributed by atoms with Crippen LogP contribution < -0.4 is 14.8 Å². The highest BCUT2D eigenvalue weighted by Gasteiger charge is 2.17. The second-order valence-electron chi connectivity index (χ2n) is 5.40. The predicted octanol–water partition coefficient (Wildman–Crippen LogP) is 1.93. The Balaban J connectivity index is 1.89. The molecule has 1 aromatic carbocycles. The van der Waals surface area contributed by atoms with E-state index in [1.165, 1.54) is 18.4 Å². The van der Waals surface area contributed by atoms with Gasteiger partial charge in [0.1, 0.15) is 0 Å². The van der Waals surface area contributed by atoms with Gasteiger partial charge in [-0.1, -0.05) is 6.07 Å². The molecule has 1 aliphatic heterocycles. The standard InChI is InChI=1S/C16H26N2O2/c1-18(14-6-9-17-10-7-14)11-8-13-4-5-15(19-2)16(12-13)20-3/h4-5,12,14,17H,6-11H2,1-3H3. The van der Waals surface area contributed by atoms with Crippen molar-refractivity contribution in [2.45, 2.75) is 25.3 Å². The SMILES string of the molecule is COc1ccc(CCN(C)C2CCNCC2)cc1OC. The third-order valence-electron chi connectivity index (χ3n) is 4.13. The highest BCUT2D eigenvalue weighted by atomic mass is 16.5. The summed E-state index contributed by atoms with van der Waals surface area (Å²) in [6, 6.07) is 6.90. The van der Waals surface area contributed by atoms with Crippen molar-refractivity contribution in [3.05, 3.63) is 23.8 Å². The zero-order valence-electron chi connectivity index (χ0n) is 12.8. The lowest BCUT2D eigenvalue weighted by Gasteiger charge is -2.31. The molecule has 1 N–H and O–H groups in total. The third kappa shape index (κ3) is 3.87. The Kier molecular flexibility index (Phi) is 5.68. The van der Waals surface area contributed by atoms with Crippen LogP contribution in [-0.4, -0.2) is 51.8 Å². The van der Waals surface area contributed by atoms with Crippen LogP contribution in [0.15, 0.2) is 18.2 Å². The topological polar surface area (TPSA) is 33.7 Å². The fourth-order valence-corrected chi connectivity index (χ4v) is 2.77. The molecule has 2 rings (SSSR count). The van der Waals surface area contributed by atoms with Gasteiger partial charge in [-0.25, -0.2) is 0 Å². The molecule has 0 spiro atoms. The number of methoxy groups -OCH3 is 2. The Morgan fingerprint density at radius 2 is 1.85 bits per heavy atom. The minimum Gasteiger partial charge on any atom is -0.493 e. The molecule has 0 bridgehead atoms. The summed E-state index contributed by atoms with van der Waals surface area (Å²) >= 11 is 0. The van der Waals surface area contributed by atoms with Gasteiger partial charge in [-0.2, -0.15) is 0 Å². The van der Waals surface area contributed by atoms with Gasteiger partial charge in [0.2, 0.25) is 0 Å². The lowest BCUT2D eigenvalue weighted by atomic mass is 10.0. The van der Waals surface area contributed by atoms with E-state index in [-0.39, 0.29) is 0 Å². The molecule has 0 radical (unpaired) electrons. The molecule has 20 heavy (non-hydrogen) atoms. The van der Waals surface area contributed by atoms with Gasteiger partial charge < -0.3 is 19.7 Å². The molecule has 1 saturated heterocycles. The number of benzene rings is 1. The lowest BCUT2D eigenvalue weighted by molar-refractivity contribution is 0.201. The van der Waals surface area contributed by atoms with E-state index in [1.807, 2.05) is 6.07 Å². The van der Waals surface area contributed by atoms with Crippen LogP contribution in [0.25, 0.3) is 0 Å². The van der Waals surface area contributed by atoms with Gasteiger partial charge in [-0.15, -0.1) is 0 Å². The van der Waals surface area contributed by atoms with Crippen molar-refractivity contribution in [3.63, 3.8) is 0 Å². The van der Waals surface area contributed by atoms with E-state index in [0.29, 0.717) is 0 Å². The molecule has 0 amide bonds. The van der Waals surface area contributed by atoms with Crippen LogP contribution in [0.1, 0.15) is 18.4 Å². The van der Waals surface area contributed by atoms with Crippen molar-refractivity contribution in [1.82, 2.24) is 10.2 Å². The maximum atomic E-state index is 5.35. The zero-order chi connectivity index (χ0) is 14.4. The largest absolute Gasteiger partial charge is 0.493 e. The van der Waals surface area contributed by atoms with Gasteiger partial charge in [-0.3, -0.25) is 0 Å². The van der Waals surface area contributed by atoms with Gasteiger partial charge in [0.15, 0.2) is 11.5 Å². The second kappa shape index (κ2) is 7.50. The van der Waals surface area contributed by atoms with E-state index in [0.717, 1.165) is 43.6 Å². The van der Waals surface area contributed by atoms with Crippen LogP contribution in [0.2, 0.25) is 0 Å². The predicted molar refractivity (Wildman–Crippen MR) is 81.8 cm³/mol. The quantitative estimate of drug-likeness (QED) is 0.862. The monoisotopic (exact) mass is 278 g/mol. The maximum Gasteiger partial charge on any atom is 0.160 e. The molecule has 1 aliphatic rings. The second-order valence-corrected chi connectivity index (χ2v) is 5.40. The first kappa shape index (κ1) is 15.1. The van der Waals surface area contributed by atoms with Crippen LogP contribution in [0.5, 0.6) is 11.5 Å². The van der Waals surface area contributed by atoms with Crippen molar-refractivity contribution in [2.75, 3.05) is 40.9 Å². The Morgan fingerprint density at radius 3 is 2.50 bits per heavy atom. The molecule has 1 aromatic rings. The summed E-state index contributed by atoms with van der Waals surface area (Å²) in [5, 5.41) is 3.41. The van der Waals surface area contributed by atoms with E-state index in [9.17, 15) is 0 Å². The Labute approximate surface area is 122 Å². The summed E-state index contributed by atoms with van der Waals surface area (Å²) in [5.41, 5.74) is 1.29. The van der Waals surface area contributed by atoms with Gasteiger partial charge >= 0.3 is 0 Å². The van der Waals surface area contributed by atoms with E-state index in [4.69, 9.17) is 9.47 Å². The maximum absolute atomic E-state index is 5.35. The first-order valence-corrected chi connectivity index (χ1v) is 7.36. The van der Waals surface area contributed by atoms with Gasteiger partial charge in [0.05, 0.1) is 14.2 Å². The summed E-state index contributed by atoms with van der Waals surface area (Å²) in [5.74, 6) is 1.61. The zero-order valence-corrected chi connectivity index (χ0v) is 12.8. The number of hydrogen-bond donors (Lipinski definition) is 1. The molecule has 1 heterocycles. The van der Waals surface area contributed by atoms with Crippen molar-refractivity contribution < 1.29 is 9.47 Å². The first-order chi connectivity index (χ1) is 9.74. The van der Waals surface area contributed by atoms with Crippen LogP contribution in [-0.2, 0) is 6.42 Å². The number of hydrogen-bond acceptors (Lipinski definition) is 4. The molecule has 0 aromatic heterocycles. The van der Waals surface area contributed by atoms with Gasteiger partial charge in [0.25, 0.3) is 0 Å². The minimum absolute atomic E-state index is 0.719. The average molecular weight is 278 g/mol. The van der Waals surface area contributed by atoms with E-state index in [1.54, 1.807) is 14.2 Å². The molecule has 0 unspecified atom stereocenters. The lowest BCUT2D eigenvalue weighted by Crippen LogP contribution is -2.41. The van der Waals surface area contributed by atoms with Crippen LogP contribution >= 0.6 is 0 Å². The van der Waals surface area contributed by atoms with Crippen molar-refractivity contribution in [2.24, 2.45) is 0 Å². The molecule has 0 atom stereocenters. The molecular weight excluding hydrogens is 252 g/mol. The van der Waals surface area contributed by atoms with Gasteiger partial charge in [0, 0.05) is 12.6 Å². The smallest absolute Gasteiger partial charge is 0.160 e. The van der Waals surface area contributed by atoms with E-state index >= 15 is 0 Å². The van der Waals surface area contributed by atoms with Crippen LogP contribution in [0.3, 0.4) is 0 Å². The van der Waals surface area contributed by atoms with E-state index in [2.05, 4.69) is 29.4 Å². The fraction of sp³-hybridized carbons (Fsp3) is 0.625. The molecule has 0 aliphatic carbocycles. The highest BCUT2D eigenvalue weighted by Crippen LogP contribution is 2.27. The van der Waals surface area contributed by atoms with Crippen LogP contribution in [0, 0.1) is 0 Å². The van der Waals surface area contributed by atoms with Crippen molar-refractivity contribution in [1.29, 1.82) is 0 Å². The molecule has 112 valence electrons. The minimum atomic E-state index is 0.719. The van der Waals surface area contributed by atoms with Crippen LogP contribution in [0.4, 0.5) is 0 Å². The third-order valence-corrected chi connectivity index (χ3v) is 4.13. The number of nitrogens with one attached hydrogen (secondary N) is 1.